The van der Waals surface area contributed by atoms with Gasteiger partial charge in [0, 0.05) is 11.8 Å². The molecule has 0 N–H and O–H groups in total. The van der Waals surface area contributed by atoms with Gasteiger partial charge in [0.15, 0.2) is 0 Å². The molecule has 2 rings (SSSR count). The minimum Gasteiger partial charge on any atom is -0.405 e. The molecule has 0 heterocycles. The van der Waals surface area contributed by atoms with Crippen molar-refractivity contribution >= 4 is 6.21 Å². The van der Waals surface area contributed by atoms with Crippen LogP contribution in [-0.2, 0) is 11.4 Å². The van der Waals surface area contributed by atoms with Gasteiger partial charge < -0.3 is 9.57 Å². The molecule has 1 aliphatic carbocycles. The maximum Gasteiger partial charge on any atom is 0.573 e. The highest BCUT2D eigenvalue weighted by molar-refractivity contribution is 5.60. The van der Waals surface area contributed by atoms with E-state index in [1.165, 1.54) is 31.0 Å². The zero-order valence-electron chi connectivity index (χ0n) is 10.9. The smallest absolute Gasteiger partial charge is 0.405 e. The fraction of sp³-hybridized carbons (Fsp3) is 0.500. The number of alkyl halides is 3. The first kappa shape index (κ1) is 14.7. The summed E-state index contributed by atoms with van der Waals surface area (Å²) in [7, 11) is 0. The summed E-state index contributed by atoms with van der Waals surface area (Å²) in [5.41, 5.74) is 0.313. The first-order chi connectivity index (χ1) is 9.54. The Morgan fingerprint density at radius 3 is 2.60 bits per heavy atom. The molecule has 0 saturated heterocycles. The average molecular weight is 287 g/mol. The van der Waals surface area contributed by atoms with Crippen LogP contribution < -0.4 is 4.74 Å². The molecule has 0 unspecified atom stereocenters. The molecule has 0 amide bonds. The van der Waals surface area contributed by atoms with Crippen LogP contribution in [0.5, 0.6) is 5.75 Å². The van der Waals surface area contributed by atoms with E-state index in [-0.39, 0.29) is 12.4 Å². The van der Waals surface area contributed by atoms with Crippen molar-refractivity contribution in [2.45, 2.75) is 38.7 Å². The standard InChI is InChI=1S/C14H16F3NO2/c15-14(16,17)20-13-8-4-3-7-12(13)10-19-18-9-11-5-1-2-6-11/h3-4,7-9,11H,1-2,5-6,10H2. The minimum atomic E-state index is -4.71. The molecular formula is C14H16F3NO2. The van der Waals surface area contributed by atoms with Crippen LogP contribution in [0.15, 0.2) is 29.4 Å². The number of ether oxygens (including phenoxy) is 1. The van der Waals surface area contributed by atoms with Crippen molar-refractivity contribution in [3.63, 3.8) is 0 Å². The van der Waals surface area contributed by atoms with E-state index in [4.69, 9.17) is 4.84 Å². The van der Waals surface area contributed by atoms with E-state index in [2.05, 4.69) is 9.89 Å². The number of benzene rings is 1. The average Bonchev–Trinajstić information content (AvgIpc) is 2.88. The zero-order chi connectivity index (χ0) is 14.4. The molecule has 0 aliphatic heterocycles. The number of halogens is 3. The number of nitrogens with zero attached hydrogens (tertiary/aromatic N) is 1. The summed E-state index contributed by atoms with van der Waals surface area (Å²) in [5, 5.41) is 3.82. The molecular weight excluding hydrogens is 271 g/mol. The molecule has 6 heteroatoms. The van der Waals surface area contributed by atoms with Gasteiger partial charge >= 0.3 is 6.36 Å². The second kappa shape index (κ2) is 6.63. The molecule has 3 nitrogen and oxygen atoms in total. The van der Waals surface area contributed by atoms with Crippen molar-refractivity contribution in [3.8, 4) is 5.75 Å². The largest absolute Gasteiger partial charge is 0.573 e. The second-order valence-corrected chi connectivity index (χ2v) is 4.73. The van der Waals surface area contributed by atoms with E-state index in [1.807, 2.05) is 0 Å². The van der Waals surface area contributed by atoms with Gasteiger partial charge in [-0.25, -0.2) is 0 Å². The Hall–Kier alpha value is -1.72. The van der Waals surface area contributed by atoms with Crippen molar-refractivity contribution in [3.05, 3.63) is 29.8 Å². The Morgan fingerprint density at radius 2 is 1.90 bits per heavy atom. The first-order valence-electron chi connectivity index (χ1n) is 6.54. The normalized spacial score (nSPS) is 16.8. The molecule has 0 aromatic heterocycles. The Morgan fingerprint density at radius 1 is 1.20 bits per heavy atom. The third-order valence-electron chi connectivity index (χ3n) is 3.16. The van der Waals surface area contributed by atoms with Crippen LogP contribution in [0.3, 0.4) is 0 Å². The van der Waals surface area contributed by atoms with Gasteiger partial charge in [-0.2, -0.15) is 0 Å². The Bertz CT molecular complexity index is 454. The second-order valence-electron chi connectivity index (χ2n) is 4.73. The van der Waals surface area contributed by atoms with Crippen LogP contribution in [0.2, 0.25) is 0 Å². The lowest BCUT2D eigenvalue weighted by Gasteiger charge is -2.12. The lowest BCUT2D eigenvalue weighted by atomic mass is 10.1. The summed E-state index contributed by atoms with van der Waals surface area (Å²) >= 11 is 0. The molecule has 20 heavy (non-hydrogen) atoms. The van der Waals surface area contributed by atoms with E-state index in [1.54, 1.807) is 12.3 Å². The minimum absolute atomic E-state index is 0.0462. The summed E-state index contributed by atoms with van der Waals surface area (Å²) in [6.07, 6.45) is 1.61. The highest BCUT2D eigenvalue weighted by Gasteiger charge is 2.32. The van der Waals surface area contributed by atoms with Gasteiger partial charge in [0.2, 0.25) is 0 Å². The number of para-hydroxylation sites is 1. The van der Waals surface area contributed by atoms with Crippen LogP contribution in [0.4, 0.5) is 13.2 Å². The molecule has 1 fully saturated rings. The molecule has 1 aliphatic rings. The number of rotatable bonds is 5. The molecule has 0 atom stereocenters. The number of oxime groups is 1. The van der Waals surface area contributed by atoms with Crippen LogP contribution in [0.25, 0.3) is 0 Å². The van der Waals surface area contributed by atoms with E-state index < -0.39 is 6.36 Å². The van der Waals surface area contributed by atoms with E-state index in [9.17, 15) is 13.2 Å². The molecule has 1 aromatic carbocycles. The highest BCUT2D eigenvalue weighted by Crippen LogP contribution is 2.27. The lowest BCUT2D eigenvalue weighted by Crippen LogP contribution is -2.18. The van der Waals surface area contributed by atoms with Crippen LogP contribution in [0.1, 0.15) is 31.2 Å². The monoisotopic (exact) mass is 287 g/mol. The molecule has 0 bridgehead atoms. The molecule has 1 saturated carbocycles. The molecule has 110 valence electrons. The fourth-order valence-electron chi connectivity index (χ4n) is 2.19. The topological polar surface area (TPSA) is 30.8 Å². The van der Waals surface area contributed by atoms with E-state index in [0.29, 0.717) is 11.5 Å². The van der Waals surface area contributed by atoms with E-state index >= 15 is 0 Å². The zero-order valence-corrected chi connectivity index (χ0v) is 10.9. The summed E-state index contributed by atoms with van der Waals surface area (Å²) in [6.45, 7) is -0.0462. The van der Waals surface area contributed by atoms with Crippen LogP contribution in [0, 0.1) is 5.92 Å². The summed E-state index contributed by atoms with van der Waals surface area (Å²) in [5.74, 6) is 0.174. The quantitative estimate of drug-likeness (QED) is 0.598. The van der Waals surface area contributed by atoms with Crippen molar-refractivity contribution in [2.24, 2.45) is 11.1 Å². The van der Waals surface area contributed by atoms with Crippen molar-refractivity contribution < 1.29 is 22.7 Å². The lowest BCUT2D eigenvalue weighted by molar-refractivity contribution is -0.275. The van der Waals surface area contributed by atoms with Gasteiger partial charge in [0.25, 0.3) is 0 Å². The predicted molar refractivity (Wildman–Crippen MR) is 68.4 cm³/mol. The van der Waals surface area contributed by atoms with Crippen molar-refractivity contribution in [1.82, 2.24) is 0 Å². The SMILES string of the molecule is FC(F)(F)Oc1ccccc1CON=CC1CCCC1. The Balaban J connectivity index is 1.88. The molecule has 0 spiro atoms. The van der Waals surface area contributed by atoms with Crippen molar-refractivity contribution in [1.29, 1.82) is 0 Å². The maximum atomic E-state index is 12.2. The first-order valence-corrected chi connectivity index (χ1v) is 6.54. The fourth-order valence-corrected chi connectivity index (χ4v) is 2.19. The third kappa shape index (κ3) is 4.75. The highest BCUT2D eigenvalue weighted by atomic mass is 19.4. The Labute approximate surface area is 115 Å². The van der Waals surface area contributed by atoms with E-state index in [0.717, 1.165) is 12.8 Å². The predicted octanol–water partition coefficient (Wildman–Crippen LogP) is 4.28. The number of hydrogen-bond donors (Lipinski definition) is 0. The summed E-state index contributed by atoms with van der Waals surface area (Å²) in [6, 6.07) is 5.88. The number of hydrogen-bond acceptors (Lipinski definition) is 3. The Kier molecular flexibility index (Phi) is 4.87. The third-order valence-corrected chi connectivity index (χ3v) is 3.16. The van der Waals surface area contributed by atoms with Gasteiger partial charge in [-0.15, -0.1) is 13.2 Å². The summed E-state index contributed by atoms with van der Waals surface area (Å²) in [4.78, 5) is 5.06. The summed E-state index contributed by atoms with van der Waals surface area (Å²) < 4.78 is 40.6. The van der Waals surface area contributed by atoms with Gasteiger partial charge in [-0.05, 0) is 24.8 Å². The van der Waals surface area contributed by atoms with Crippen molar-refractivity contribution in [2.75, 3.05) is 0 Å². The van der Waals surface area contributed by atoms with Gasteiger partial charge in [-0.3, -0.25) is 0 Å². The van der Waals surface area contributed by atoms with Gasteiger partial charge in [-0.1, -0.05) is 36.2 Å². The molecule has 0 radical (unpaired) electrons. The maximum absolute atomic E-state index is 12.2. The van der Waals surface area contributed by atoms with Gasteiger partial charge in [0.05, 0.1) is 0 Å². The van der Waals surface area contributed by atoms with Gasteiger partial charge in [0.1, 0.15) is 12.4 Å². The van der Waals surface area contributed by atoms with Crippen LogP contribution >= 0.6 is 0 Å². The molecule has 1 aromatic rings. The van der Waals surface area contributed by atoms with Crippen LogP contribution in [-0.4, -0.2) is 12.6 Å².